The summed E-state index contributed by atoms with van der Waals surface area (Å²) in [6.45, 7) is 5.06. The summed E-state index contributed by atoms with van der Waals surface area (Å²) in [7, 11) is 0. The van der Waals surface area contributed by atoms with Crippen LogP contribution < -0.4 is 5.32 Å². The summed E-state index contributed by atoms with van der Waals surface area (Å²) >= 11 is 0. The molecule has 0 aliphatic carbocycles. The number of amides is 2. The Bertz CT molecular complexity index is 213. The van der Waals surface area contributed by atoms with Crippen molar-refractivity contribution in [2.75, 3.05) is 6.54 Å². The van der Waals surface area contributed by atoms with Crippen LogP contribution in [0.25, 0.3) is 0 Å². The average Bonchev–Trinajstić information content (AvgIpc) is 2.18. The summed E-state index contributed by atoms with van der Waals surface area (Å²) < 4.78 is 0. The zero-order valence-electron chi connectivity index (χ0n) is 9.12. The van der Waals surface area contributed by atoms with E-state index in [4.69, 9.17) is 0 Å². The number of rotatable bonds is 2. The molecule has 1 aliphatic rings. The number of carbonyl (C=O) groups is 1. The first kappa shape index (κ1) is 11.1. The van der Waals surface area contributed by atoms with Crippen LogP contribution in [-0.4, -0.2) is 23.5 Å². The molecule has 1 rings (SSSR count). The minimum Gasteiger partial charge on any atom is -0.322 e. The third kappa shape index (κ3) is 3.05. The van der Waals surface area contributed by atoms with Gasteiger partial charge in [-0.3, -0.25) is 0 Å². The Hall–Kier alpha value is -0.990. The van der Waals surface area contributed by atoms with Crippen LogP contribution in [-0.2, 0) is 0 Å². The molecular weight excluding hydrogens is 176 g/mol. The Morgan fingerprint density at radius 3 is 3.00 bits per heavy atom. The molecule has 2 amide bonds. The quantitative estimate of drug-likeness (QED) is 0.723. The Morgan fingerprint density at radius 2 is 2.36 bits per heavy atom. The van der Waals surface area contributed by atoms with Crippen molar-refractivity contribution in [2.24, 2.45) is 0 Å². The number of nitrogens with one attached hydrogen (secondary N) is 1. The first-order valence-corrected chi connectivity index (χ1v) is 5.48. The molecule has 1 unspecified atom stereocenters. The van der Waals surface area contributed by atoms with Crippen LogP contribution in [0, 0.1) is 0 Å². The van der Waals surface area contributed by atoms with Gasteiger partial charge < -0.3 is 10.2 Å². The molecule has 1 fully saturated rings. The lowest BCUT2D eigenvalue weighted by Crippen LogP contribution is -2.46. The van der Waals surface area contributed by atoms with Gasteiger partial charge in [0.05, 0.1) is 0 Å². The van der Waals surface area contributed by atoms with E-state index in [1.54, 1.807) is 6.20 Å². The van der Waals surface area contributed by atoms with E-state index >= 15 is 0 Å². The summed E-state index contributed by atoms with van der Waals surface area (Å²) in [5.41, 5.74) is 0. The molecule has 0 aromatic heterocycles. The maximum absolute atomic E-state index is 11.6. The number of likely N-dealkylation sites (tertiary alicyclic amines) is 1. The second-order valence-electron chi connectivity index (χ2n) is 3.80. The van der Waals surface area contributed by atoms with Gasteiger partial charge in [-0.25, -0.2) is 4.79 Å². The van der Waals surface area contributed by atoms with Crippen LogP contribution in [0.4, 0.5) is 4.79 Å². The molecule has 3 nitrogen and oxygen atoms in total. The van der Waals surface area contributed by atoms with E-state index in [0.717, 1.165) is 25.8 Å². The van der Waals surface area contributed by atoms with Crippen LogP contribution in [0.1, 0.15) is 39.5 Å². The monoisotopic (exact) mass is 196 g/mol. The topological polar surface area (TPSA) is 32.3 Å². The van der Waals surface area contributed by atoms with Crippen molar-refractivity contribution in [1.82, 2.24) is 10.2 Å². The van der Waals surface area contributed by atoms with Crippen molar-refractivity contribution in [3.8, 4) is 0 Å². The second kappa shape index (κ2) is 5.68. The SMILES string of the molecule is CC/C=C/NC(=O)N1CCCCC1C. The number of hydrogen-bond acceptors (Lipinski definition) is 1. The average molecular weight is 196 g/mol. The number of urea groups is 1. The molecule has 1 aliphatic heterocycles. The smallest absolute Gasteiger partial charge is 0.321 e. The van der Waals surface area contributed by atoms with Crippen molar-refractivity contribution in [2.45, 2.75) is 45.6 Å². The predicted octanol–water partition coefficient (Wildman–Crippen LogP) is 2.49. The highest BCUT2D eigenvalue weighted by molar-refractivity contribution is 5.75. The van der Waals surface area contributed by atoms with Crippen LogP contribution in [0.5, 0.6) is 0 Å². The molecule has 80 valence electrons. The minimum atomic E-state index is 0.0434. The molecule has 14 heavy (non-hydrogen) atoms. The molecule has 0 saturated carbocycles. The normalized spacial score (nSPS) is 22.7. The molecule has 1 N–H and O–H groups in total. The zero-order valence-corrected chi connectivity index (χ0v) is 9.12. The molecule has 0 radical (unpaired) electrons. The summed E-state index contributed by atoms with van der Waals surface area (Å²) in [4.78, 5) is 13.6. The molecule has 1 saturated heterocycles. The summed E-state index contributed by atoms with van der Waals surface area (Å²) in [5.74, 6) is 0. The molecule has 1 heterocycles. The predicted molar refractivity (Wildman–Crippen MR) is 58.0 cm³/mol. The maximum Gasteiger partial charge on any atom is 0.321 e. The maximum atomic E-state index is 11.6. The number of carbonyl (C=O) groups excluding carboxylic acids is 1. The minimum absolute atomic E-state index is 0.0434. The fourth-order valence-electron chi connectivity index (χ4n) is 1.73. The molecular formula is C11H20N2O. The van der Waals surface area contributed by atoms with Crippen molar-refractivity contribution in [3.63, 3.8) is 0 Å². The standard InChI is InChI=1S/C11H20N2O/c1-3-4-8-12-11(14)13-9-6-5-7-10(13)2/h4,8,10H,3,5-7,9H2,1-2H3,(H,12,14)/b8-4+. The molecule has 0 aromatic rings. The fourth-order valence-corrected chi connectivity index (χ4v) is 1.73. The van der Waals surface area contributed by atoms with E-state index in [1.165, 1.54) is 6.42 Å². The first-order valence-electron chi connectivity index (χ1n) is 5.48. The van der Waals surface area contributed by atoms with E-state index in [-0.39, 0.29) is 6.03 Å². The zero-order chi connectivity index (χ0) is 10.4. The Labute approximate surface area is 86.2 Å². The molecule has 3 heteroatoms. The largest absolute Gasteiger partial charge is 0.322 e. The van der Waals surface area contributed by atoms with E-state index in [2.05, 4.69) is 12.2 Å². The van der Waals surface area contributed by atoms with Gasteiger partial charge in [0.2, 0.25) is 0 Å². The van der Waals surface area contributed by atoms with Crippen molar-refractivity contribution < 1.29 is 4.79 Å². The number of allylic oxidation sites excluding steroid dienone is 1. The Morgan fingerprint density at radius 1 is 1.57 bits per heavy atom. The van der Waals surface area contributed by atoms with E-state index in [1.807, 2.05) is 17.9 Å². The van der Waals surface area contributed by atoms with Crippen molar-refractivity contribution in [3.05, 3.63) is 12.3 Å². The van der Waals surface area contributed by atoms with E-state index in [9.17, 15) is 4.79 Å². The highest BCUT2D eigenvalue weighted by atomic mass is 16.2. The highest BCUT2D eigenvalue weighted by Gasteiger charge is 2.21. The molecule has 1 atom stereocenters. The van der Waals surface area contributed by atoms with Gasteiger partial charge in [-0.05, 0) is 32.6 Å². The fraction of sp³-hybridized carbons (Fsp3) is 0.727. The lowest BCUT2D eigenvalue weighted by atomic mass is 10.0. The van der Waals surface area contributed by atoms with Gasteiger partial charge in [0.25, 0.3) is 0 Å². The molecule has 0 aromatic carbocycles. The summed E-state index contributed by atoms with van der Waals surface area (Å²) in [6, 6.07) is 0.431. The van der Waals surface area contributed by atoms with Crippen molar-refractivity contribution >= 4 is 6.03 Å². The van der Waals surface area contributed by atoms with Gasteiger partial charge in [0.1, 0.15) is 0 Å². The highest BCUT2D eigenvalue weighted by Crippen LogP contribution is 2.15. The lowest BCUT2D eigenvalue weighted by molar-refractivity contribution is 0.161. The van der Waals surface area contributed by atoms with Gasteiger partial charge in [-0.1, -0.05) is 13.0 Å². The third-order valence-corrected chi connectivity index (χ3v) is 2.62. The van der Waals surface area contributed by atoms with Gasteiger partial charge in [-0.2, -0.15) is 0 Å². The van der Waals surface area contributed by atoms with Gasteiger partial charge in [-0.15, -0.1) is 0 Å². The van der Waals surface area contributed by atoms with E-state index < -0.39 is 0 Å². The second-order valence-corrected chi connectivity index (χ2v) is 3.80. The third-order valence-electron chi connectivity index (χ3n) is 2.62. The van der Waals surface area contributed by atoms with Gasteiger partial charge in [0, 0.05) is 18.8 Å². The summed E-state index contributed by atoms with van der Waals surface area (Å²) in [6.07, 6.45) is 8.15. The van der Waals surface area contributed by atoms with Gasteiger partial charge in [0.15, 0.2) is 0 Å². The number of nitrogens with zero attached hydrogens (tertiary/aromatic N) is 1. The molecule has 0 bridgehead atoms. The van der Waals surface area contributed by atoms with Gasteiger partial charge >= 0.3 is 6.03 Å². The Kier molecular flexibility index (Phi) is 4.50. The van der Waals surface area contributed by atoms with Crippen LogP contribution in [0.15, 0.2) is 12.3 Å². The number of hydrogen-bond donors (Lipinski definition) is 1. The Balaban J connectivity index is 2.38. The summed E-state index contributed by atoms with van der Waals surface area (Å²) in [5, 5.41) is 2.79. The number of piperidine rings is 1. The van der Waals surface area contributed by atoms with Crippen molar-refractivity contribution in [1.29, 1.82) is 0 Å². The first-order chi connectivity index (χ1) is 6.75. The van der Waals surface area contributed by atoms with Crippen LogP contribution in [0.3, 0.4) is 0 Å². The van der Waals surface area contributed by atoms with Crippen LogP contribution >= 0.6 is 0 Å². The lowest BCUT2D eigenvalue weighted by Gasteiger charge is -2.32. The molecule has 0 spiro atoms. The van der Waals surface area contributed by atoms with E-state index in [0.29, 0.717) is 6.04 Å². The van der Waals surface area contributed by atoms with Crippen LogP contribution in [0.2, 0.25) is 0 Å².